The molecule has 1 aliphatic heterocycles. The maximum absolute atomic E-state index is 10.2. The average Bonchev–Trinajstić information content (AvgIpc) is 3.13. The molecule has 2 heterocycles. The quantitative estimate of drug-likeness (QED) is 0.674. The van der Waals surface area contributed by atoms with Crippen LogP contribution in [0.3, 0.4) is 0 Å². The number of nitrogens with one attached hydrogen (secondary N) is 1. The van der Waals surface area contributed by atoms with Crippen LogP contribution in [-0.2, 0) is 11.8 Å². The number of azo groups is 1. The summed E-state index contributed by atoms with van der Waals surface area (Å²) in [5.41, 5.74) is 1.33. The van der Waals surface area contributed by atoms with Gasteiger partial charge in [0.2, 0.25) is 11.0 Å². The molecule has 1 aromatic heterocycles. The number of hydrogen-bond acceptors (Lipinski definition) is 4. The van der Waals surface area contributed by atoms with E-state index >= 15 is 0 Å². The molecule has 0 aliphatic carbocycles. The monoisotopic (exact) mass is 318 g/mol. The van der Waals surface area contributed by atoms with Crippen LogP contribution < -0.4 is 5.32 Å². The van der Waals surface area contributed by atoms with Crippen LogP contribution >= 0.6 is 12.2 Å². The van der Waals surface area contributed by atoms with Gasteiger partial charge in [-0.15, -0.1) is 10.2 Å². The second kappa shape index (κ2) is 6.41. The van der Waals surface area contributed by atoms with Crippen LogP contribution in [0.4, 0.5) is 5.69 Å². The predicted octanol–water partition coefficient (Wildman–Crippen LogP) is 3.02. The fourth-order valence-corrected chi connectivity index (χ4v) is 2.72. The van der Waals surface area contributed by atoms with Crippen molar-refractivity contribution in [2.45, 2.75) is 18.9 Å². The molecule has 1 fully saturated rings. The number of rotatable bonds is 3. The number of aryl methyl sites for hydroxylation is 1. The van der Waals surface area contributed by atoms with E-state index in [-0.39, 0.29) is 12.0 Å². The highest BCUT2D eigenvalue weighted by molar-refractivity contribution is 7.80. The van der Waals surface area contributed by atoms with Gasteiger partial charge in [0, 0.05) is 25.6 Å². The summed E-state index contributed by atoms with van der Waals surface area (Å²) < 4.78 is 7.18. The van der Waals surface area contributed by atoms with E-state index in [1.54, 1.807) is 11.6 Å². The van der Waals surface area contributed by atoms with Gasteiger partial charge in [0.15, 0.2) is 5.69 Å². The first kappa shape index (κ1) is 14.9. The van der Waals surface area contributed by atoms with Crippen molar-refractivity contribution >= 4 is 33.9 Å². The molecule has 1 aromatic carbocycles. The smallest absolute Gasteiger partial charge is 0.220 e. The fourth-order valence-electron chi connectivity index (χ4n) is 2.60. The van der Waals surface area contributed by atoms with Crippen molar-refractivity contribution in [3.05, 3.63) is 24.3 Å². The lowest BCUT2D eigenvalue weighted by atomic mass is 10.2. The third kappa shape index (κ3) is 2.95. The van der Waals surface area contributed by atoms with Crippen molar-refractivity contribution in [2.75, 3.05) is 13.2 Å². The number of aromatic hydroxyl groups is 1. The number of hydrogen-bond donors (Lipinski definition) is 2. The molecule has 7 heteroatoms. The molecule has 3 rings (SSSR count). The topological polar surface area (TPSA) is 71.1 Å². The van der Waals surface area contributed by atoms with Gasteiger partial charge in [-0.25, -0.2) is 0 Å². The van der Waals surface area contributed by atoms with E-state index in [1.807, 2.05) is 24.3 Å². The molecule has 22 heavy (non-hydrogen) atoms. The highest BCUT2D eigenvalue weighted by atomic mass is 32.1. The van der Waals surface area contributed by atoms with Gasteiger partial charge < -0.3 is 19.7 Å². The number of benzene rings is 1. The molecule has 2 aromatic rings. The summed E-state index contributed by atoms with van der Waals surface area (Å²) in [6.07, 6.45) is 2.32. The zero-order valence-electron chi connectivity index (χ0n) is 12.3. The van der Waals surface area contributed by atoms with Gasteiger partial charge >= 0.3 is 0 Å². The van der Waals surface area contributed by atoms with Crippen LogP contribution in [0, 0.1) is 0 Å². The molecule has 0 unspecified atom stereocenters. The normalized spacial score (nSPS) is 18.3. The minimum Gasteiger partial charge on any atom is -0.493 e. The van der Waals surface area contributed by atoms with Gasteiger partial charge in [-0.2, -0.15) is 0 Å². The number of nitrogens with zero attached hydrogens (tertiary/aromatic N) is 3. The highest BCUT2D eigenvalue weighted by Gasteiger charge is 2.16. The summed E-state index contributed by atoms with van der Waals surface area (Å²) in [5, 5.41) is 22.4. The van der Waals surface area contributed by atoms with Gasteiger partial charge in [0.1, 0.15) is 0 Å². The van der Waals surface area contributed by atoms with Crippen molar-refractivity contribution in [2.24, 2.45) is 17.3 Å². The van der Waals surface area contributed by atoms with E-state index in [0.29, 0.717) is 17.3 Å². The maximum Gasteiger partial charge on any atom is 0.220 e. The van der Waals surface area contributed by atoms with Crippen LogP contribution in [0.25, 0.3) is 10.9 Å². The summed E-state index contributed by atoms with van der Waals surface area (Å²) in [6.45, 7) is 1.45. The lowest BCUT2D eigenvalue weighted by Crippen LogP contribution is -2.29. The van der Waals surface area contributed by atoms with Crippen molar-refractivity contribution < 1.29 is 9.84 Å². The molecule has 1 aliphatic rings. The van der Waals surface area contributed by atoms with Crippen LogP contribution in [0.1, 0.15) is 12.8 Å². The Hall–Kier alpha value is -1.99. The third-order valence-electron chi connectivity index (χ3n) is 3.80. The first-order valence-corrected chi connectivity index (χ1v) is 7.65. The lowest BCUT2D eigenvalue weighted by Gasteiger charge is -2.09. The van der Waals surface area contributed by atoms with E-state index in [2.05, 4.69) is 15.5 Å². The standard InChI is InChI=1S/C15H18N4O2S/c1-19-12-7-3-2-6-11(12)13(14(19)20)17-18-15(22)16-9-10-5-4-8-21-10/h2-3,6-7,10,20H,4-5,8-9H2,1H3,(H,16,22)/t10-/m0/s1. The van der Waals surface area contributed by atoms with Gasteiger partial charge in [0.05, 0.1) is 11.6 Å². The van der Waals surface area contributed by atoms with Gasteiger partial charge in [-0.3, -0.25) is 0 Å². The number of para-hydroxylation sites is 1. The Morgan fingerprint density at radius 2 is 2.32 bits per heavy atom. The van der Waals surface area contributed by atoms with E-state index in [9.17, 15) is 5.11 Å². The largest absolute Gasteiger partial charge is 0.493 e. The molecular formula is C15H18N4O2S. The van der Waals surface area contributed by atoms with Crippen LogP contribution in [-0.4, -0.2) is 34.0 Å². The summed E-state index contributed by atoms with van der Waals surface area (Å²) in [6, 6.07) is 7.62. The molecule has 116 valence electrons. The Labute approximate surface area is 133 Å². The molecule has 0 bridgehead atoms. The summed E-state index contributed by atoms with van der Waals surface area (Å²) in [4.78, 5) is 0. The zero-order chi connectivity index (χ0) is 15.5. The zero-order valence-corrected chi connectivity index (χ0v) is 13.1. The fraction of sp³-hybridized carbons (Fsp3) is 0.400. The molecule has 2 N–H and O–H groups in total. The minimum atomic E-state index is 0.0758. The molecule has 1 saturated heterocycles. The Morgan fingerprint density at radius 1 is 1.50 bits per heavy atom. The number of ether oxygens (including phenoxy) is 1. The maximum atomic E-state index is 10.2. The van der Waals surface area contributed by atoms with Gasteiger partial charge in [-0.1, -0.05) is 18.2 Å². The highest BCUT2D eigenvalue weighted by Crippen LogP contribution is 2.37. The molecule has 0 radical (unpaired) electrons. The molecular weight excluding hydrogens is 300 g/mol. The second-order valence-electron chi connectivity index (χ2n) is 5.27. The summed E-state index contributed by atoms with van der Waals surface area (Å²) >= 11 is 5.15. The van der Waals surface area contributed by atoms with Crippen molar-refractivity contribution in [3.63, 3.8) is 0 Å². The average molecular weight is 318 g/mol. The van der Waals surface area contributed by atoms with Gasteiger partial charge in [0.25, 0.3) is 0 Å². The van der Waals surface area contributed by atoms with Crippen LogP contribution in [0.15, 0.2) is 34.5 Å². The van der Waals surface area contributed by atoms with Crippen LogP contribution in [0.5, 0.6) is 5.88 Å². The SMILES string of the molecule is Cn1c(O)c(N=NC(=S)NC[C@@H]2CCCO2)c2ccccc21. The van der Waals surface area contributed by atoms with E-state index in [0.717, 1.165) is 30.4 Å². The van der Waals surface area contributed by atoms with Gasteiger partial charge in [-0.05, 0) is 31.1 Å². The second-order valence-corrected chi connectivity index (χ2v) is 5.66. The Balaban J connectivity index is 1.72. The number of thiocarbonyl (C=S) groups is 1. The lowest BCUT2D eigenvalue weighted by molar-refractivity contribution is 0.114. The van der Waals surface area contributed by atoms with E-state index in [4.69, 9.17) is 17.0 Å². The van der Waals surface area contributed by atoms with E-state index < -0.39 is 0 Å². The molecule has 6 nitrogen and oxygen atoms in total. The Bertz CT molecular complexity index is 720. The molecule has 0 amide bonds. The summed E-state index contributed by atoms with van der Waals surface area (Å²) in [7, 11) is 1.78. The van der Waals surface area contributed by atoms with Crippen molar-refractivity contribution in [1.29, 1.82) is 0 Å². The van der Waals surface area contributed by atoms with E-state index in [1.165, 1.54) is 0 Å². The first-order valence-electron chi connectivity index (χ1n) is 7.24. The third-order valence-corrected chi connectivity index (χ3v) is 4.02. The number of aromatic nitrogens is 1. The molecule has 1 atom stereocenters. The van der Waals surface area contributed by atoms with Crippen molar-refractivity contribution in [3.8, 4) is 5.88 Å². The van der Waals surface area contributed by atoms with Crippen LogP contribution in [0.2, 0.25) is 0 Å². The Morgan fingerprint density at radius 3 is 3.09 bits per heavy atom. The first-order chi connectivity index (χ1) is 10.7. The molecule has 0 spiro atoms. The predicted molar refractivity (Wildman–Crippen MR) is 88.7 cm³/mol. The Kier molecular flexibility index (Phi) is 4.35. The summed E-state index contributed by atoms with van der Waals surface area (Å²) in [5.74, 6) is 0.0758. The minimum absolute atomic E-state index is 0.0758. The van der Waals surface area contributed by atoms with Crippen molar-refractivity contribution in [1.82, 2.24) is 9.88 Å². The number of fused-ring (bicyclic) bond motifs is 1. The molecule has 0 saturated carbocycles.